The van der Waals surface area contributed by atoms with E-state index in [9.17, 15) is 13.2 Å². The highest BCUT2D eigenvalue weighted by Crippen LogP contribution is 2.37. The van der Waals surface area contributed by atoms with Crippen LogP contribution >= 0.6 is 15.9 Å². The van der Waals surface area contributed by atoms with Crippen molar-refractivity contribution in [1.29, 1.82) is 0 Å². The maximum Gasteiger partial charge on any atom is 0.393 e. The van der Waals surface area contributed by atoms with Crippen LogP contribution in [0, 0.1) is 0 Å². The molecule has 2 aromatic carbocycles. The first kappa shape index (κ1) is 14.2. The molecule has 1 N–H and O–H groups in total. The fourth-order valence-electron chi connectivity index (χ4n) is 2.43. The first-order valence-electron chi connectivity index (χ1n) is 6.37. The molecule has 0 saturated heterocycles. The molecule has 0 spiro atoms. The van der Waals surface area contributed by atoms with E-state index >= 15 is 0 Å². The number of hydrogen-bond donors (Lipinski definition) is 1. The van der Waals surface area contributed by atoms with Gasteiger partial charge in [-0.15, -0.1) is 0 Å². The van der Waals surface area contributed by atoms with Crippen LogP contribution in [-0.4, -0.2) is 11.2 Å². The number of nitrogens with one attached hydrogen (secondary N) is 1. The molecule has 0 aliphatic carbocycles. The third-order valence-corrected chi connectivity index (χ3v) is 4.14. The Morgan fingerprint density at radius 2 is 1.62 bits per heavy atom. The lowest BCUT2D eigenvalue weighted by Gasteiger charge is -2.11. The second-order valence-corrected chi connectivity index (χ2v) is 5.60. The van der Waals surface area contributed by atoms with Crippen molar-refractivity contribution in [2.75, 3.05) is 0 Å². The molecule has 0 unspecified atom stereocenters. The number of aromatic nitrogens is 1. The van der Waals surface area contributed by atoms with Gasteiger partial charge in [-0.25, -0.2) is 0 Å². The topological polar surface area (TPSA) is 15.8 Å². The molecule has 0 fully saturated rings. The van der Waals surface area contributed by atoms with E-state index in [0.717, 1.165) is 15.4 Å². The molecular formula is C16H11BrF3N. The Morgan fingerprint density at radius 1 is 0.952 bits per heavy atom. The van der Waals surface area contributed by atoms with Crippen LogP contribution in [0.25, 0.3) is 22.2 Å². The first-order valence-corrected chi connectivity index (χ1v) is 7.16. The summed E-state index contributed by atoms with van der Waals surface area (Å²) >= 11 is 3.49. The maximum atomic E-state index is 12.7. The van der Waals surface area contributed by atoms with Crippen molar-refractivity contribution in [2.45, 2.75) is 12.6 Å². The minimum atomic E-state index is -4.23. The highest BCUT2D eigenvalue weighted by Gasteiger charge is 2.29. The van der Waals surface area contributed by atoms with Gasteiger partial charge in [0.1, 0.15) is 0 Å². The number of H-pyrrole nitrogens is 1. The van der Waals surface area contributed by atoms with Gasteiger partial charge in [-0.2, -0.15) is 13.2 Å². The Labute approximate surface area is 127 Å². The van der Waals surface area contributed by atoms with E-state index in [4.69, 9.17) is 0 Å². The molecular weight excluding hydrogens is 343 g/mol. The predicted molar refractivity (Wildman–Crippen MR) is 81.2 cm³/mol. The maximum absolute atomic E-state index is 12.7. The molecule has 0 radical (unpaired) electrons. The van der Waals surface area contributed by atoms with Gasteiger partial charge >= 0.3 is 6.18 Å². The van der Waals surface area contributed by atoms with E-state index in [1.54, 1.807) is 18.2 Å². The fraction of sp³-hybridized carbons (Fsp3) is 0.125. The van der Waals surface area contributed by atoms with Gasteiger partial charge in [-0.1, -0.05) is 42.5 Å². The van der Waals surface area contributed by atoms with Gasteiger partial charge in [0.2, 0.25) is 0 Å². The number of fused-ring (bicyclic) bond motifs is 1. The summed E-state index contributed by atoms with van der Waals surface area (Å²) in [5.74, 6) is 0. The molecule has 21 heavy (non-hydrogen) atoms. The number of halogens is 4. The van der Waals surface area contributed by atoms with Crippen LogP contribution in [0.5, 0.6) is 0 Å². The van der Waals surface area contributed by atoms with Crippen molar-refractivity contribution < 1.29 is 13.2 Å². The van der Waals surface area contributed by atoms with Gasteiger partial charge in [0, 0.05) is 16.5 Å². The van der Waals surface area contributed by atoms with E-state index in [1.807, 2.05) is 24.3 Å². The molecule has 0 aliphatic heterocycles. The summed E-state index contributed by atoms with van der Waals surface area (Å²) in [6.07, 6.45) is -5.17. The van der Waals surface area contributed by atoms with E-state index in [1.165, 1.54) is 6.07 Å². The minimum absolute atomic E-state index is 0.261. The number of hydrogen-bond acceptors (Lipinski definition) is 0. The summed E-state index contributed by atoms with van der Waals surface area (Å²) in [5, 5.41) is 0.953. The molecule has 0 amide bonds. The predicted octanol–water partition coefficient (Wildman–Crippen LogP) is 5.70. The van der Waals surface area contributed by atoms with Crippen LogP contribution in [-0.2, 0) is 6.42 Å². The second-order valence-electron chi connectivity index (χ2n) is 4.81. The Bertz CT molecular complexity index is 790. The van der Waals surface area contributed by atoms with Crippen molar-refractivity contribution in [1.82, 2.24) is 4.98 Å². The summed E-state index contributed by atoms with van der Waals surface area (Å²) in [6, 6.07) is 14.2. The van der Waals surface area contributed by atoms with Crippen molar-refractivity contribution in [3.05, 3.63) is 58.6 Å². The second kappa shape index (κ2) is 5.22. The van der Waals surface area contributed by atoms with Crippen molar-refractivity contribution in [2.24, 2.45) is 0 Å². The highest BCUT2D eigenvalue weighted by molar-refractivity contribution is 9.10. The SMILES string of the molecule is FC(F)(F)Cc1ccccc1-c1[nH]c2ccccc2c1Br. The van der Waals surface area contributed by atoms with E-state index in [2.05, 4.69) is 20.9 Å². The van der Waals surface area contributed by atoms with Gasteiger partial charge in [0.25, 0.3) is 0 Å². The monoisotopic (exact) mass is 353 g/mol. The quantitative estimate of drug-likeness (QED) is 0.607. The molecule has 1 heterocycles. The van der Waals surface area contributed by atoms with Crippen molar-refractivity contribution in [3.63, 3.8) is 0 Å². The fourth-order valence-corrected chi connectivity index (χ4v) is 3.09. The molecule has 1 aromatic heterocycles. The van der Waals surface area contributed by atoms with E-state index in [-0.39, 0.29) is 5.56 Å². The lowest BCUT2D eigenvalue weighted by atomic mass is 10.0. The summed E-state index contributed by atoms with van der Waals surface area (Å²) < 4.78 is 38.9. The Morgan fingerprint density at radius 3 is 2.33 bits per heavy atom. The standard InChI is InChI=1S/C16H11BrF3N/c17-14-12-7-3-4-8-13(12)21-15(14)11-6-2-1-5-10(11)9-16(18,19)20/h1-8,21H,9H2. The zero-order chi connectivity index (χ0) is 15.0. The third kappa shape index (κ3) is 2.83. The average molecular weight is 354 g/mol. The number of para-hydroxylation sites is 1. The molecule has 0 saturated carbocycles. The van der Waals surface area contributed by atoms with Gasteiger partial charge in [0.15, 0.2) is 0 Å². The van der Waals surface area contributed by atoms with Gasteiger partial charge in [-0.3, -0.25) is 0 Å². The number of benzene rings is 2. The molecule has 0 bridgehead atoms. The summed E-state index contributed by atoms with van der Waals surface area (Å²) in [5.41, 5.74) is 2.40. The highest BCUT2D eigenvalue weighted by atomic mass is 79.9. The van der Waals surface area contributed by atoms with Crippen molar-refractivity contribution >= 4 is 26.8 Å². The number of rotatable bonds is 2. The zero-order valence-electron chi connectivity index (χ0n) is 10.8. The molecule has 3 aromatic rings. The van der Waals surface area contributed by atoms with Crippen LogP contribution in [0.2, 0.25) is 0 Å². The smallest absolute Gasteiger partial charge is 0.354 e. The van der Waals surface area contributed by atoms with Gasteiger partial charge in [0.05, 0.1) is 16.6 Å². The van der Waals surface area contributed by atoms with Gasteiger partial charge < -0.3 is 4.98 Å². The zero-order valence-corrected chi connectivity index (χ0v) is 12.4. The summed E-state index contributed by atoms with van der Waals surface area (Å²) in [7, 11) is 0. The van der Waals surface area contributed by atoms with Crippen LogP contribution in [0.1, 0.15) is 5.56 Å². The summed E-state index contributed by atoms with van der Waals surface area (Å²) in [6.45, 7) is 0. The molecule has 5 heteroatoms. The van der Waals surface area contributed by atoms with Crippen LogP contribution in [0.4, 0.5) is 13.2 Å². The van der Waals surface area contributed by atoms with E-state index in [0.29, 0.717) is 11.3 Å². The first-order chi connectivity index (χ1) is 9.96. The third-order valence-electron chi connectivity index (χ3n) is 3.32. The molecule has 1 nitrogen and oxygen atoms in total. The van der Waals surface area contributed by atoms with Gasteiger partial charge in [-0.05, 0) is 27.6 Å². The normalized spacial score (nSPS) is 12.0. The lowest BCUT2D eigenvalue weighted by Crippen LogP contribution is -2.12. The Balaban J connectivity index is 2.17. The average Bonchev–Trinajstić information content (AvgIpc) is 2.76. The Kier molecular flexibility index (Phi) is 3.53. The molecule has 3 rings (SSSR count). The van der Waals surface area contributed by atoms with Crippen molar-refractivity contribution in [3.8, 4) is 11.3 Å². The van der Waals surface area contributed by atoms with Crippen LogP contribution in [0.15, 0.2) is 53.0 Å². The Hall–Kier alpha value is -1.75. The molecule has 0 atom stereocenters. The summed E-state index contributed by atoms with van der Waals surface area (Å²) in [4.78, 5) is 3.19. The van der Waals surface area contributed by atoms with Crippen LogP contribution < -0.4 is 0 Å². The number of alkyl halides is 3. The molecule has 0 aliphatic rings. The largest absolute Gasteiger partial charge is 0.393 e. The molecule has 108 valence electrons. The van der Waals surface area contributed by atoms with Crippen LogP contribution in [0.3, 0.4) is 0 Å². The lowest BCUT2D eigenvalue weighted by molar-refractivity contribution is -0.127. The number of aromatic amines is 1. The van der Waals surface area contributed by atoms with E-state index < -0.39 is 12.6 Å². The minimum Gasteiger partial charge on any atom is -0.354 e.